The first-order valence-electron chi connectivity index (χ1n) is 8.71. The number of hydrogen-bond acceptors (Lipinski definition) is 4. The van der Waals surface area contributed by atoms with Crippen molar-refractivity contribution in [1.82, 2.24) is 0 Å². The van der Waals surface area contributed by atoms with E-state index in [4.69, 9.17) is 4.74 Å². The summed E-state index contributed by atoms with van der Waals surface area (Å²) in [5.74, 6) is 0.254. The van der Waals surface area contributed by atoms with Gasteiger partial charge in [-0.2, -0.15) is 0 Å². The fraction of sp³-hybridized carbons (Fsp3) is 0.250. The minimum atomic E-state index is -3.82. The molecule has 142 valence electrons. The van der Waals surface area contributed by atoms with Crippen molar-refractivity contribution in [2.75, 3.05) is 17.1 Å². The van der Waals surface area contributed by atoms with Crippen molar-refractivity contribution >= 4 is 27.3 Å². The lowest BCUT2D eigenvalue weighted by Gasteiger charge is -2.17. The Hall–Kier alpha value is -2.80. The summed E-state index contributed by atoms with van der Waals surface area (Å²) in [4.78, 5) is 12.4. The molecule has 1 amide bonds. The van der Waals surface area contributed by atoms with Crippen molar-refractivity contribution < 1.29 is 17.9 Å². The summed E-state index contributed by atoms with van der Waals surface area (Å²) in [6.45, 7) is 0. The molecular formula is C20H22N2O4S. The molecule has 0 fully saturated rings. The highest BCUT2D eigenvalue weighted by molar-refractivity contribution is 7.92. The van der Waals surface area contributed by atoms with Crippen molar-refractivity contribution in [2.45, 2.75) is 24.2 Å². The van der Waals surface area contributed by atoms with Gasteiger partial charge in [-0.25, -0.2) is 8.42 Å². The average Bonchev–Trinajstić information content (AvgIpc) is 2.69. The standard InChI is InChI=1S/C20H22N2O4S/c1-26-19-13-6-5-12-18(19)22-27(24,25)17-11-7-10-16(14-17)21-20(23)15-8-3-2-4-9-15/h2-3,5-7,10-15,22H,4,8-9H2,1H3,(H,21,23). The number of methoxy groups -OCH3 is 1. The predicted octanol–water partition coefficient (Wildman–Crippen LogP) is 3.79. The Morgan fingerprint density at radius 2 is 1.93 bits per heavy atom. The Balaban J connectivity index is 1.77. The lowest BCUT2D eigenvalue weighted by atomic mass is 9.93. The van der Waals surface area contributed by atoms with Crippen LogP contribution in [-0.2, 0) is 14.8 Å². The van der Waals surface area contributed by atoms with Crippen LogP contribution in [0.2, 0.25) is 0 Å². The highest BCUT2D eigenvalue weighted by atomic mass is 32.2. The number of carbonyl (C=O) groups is 1. The number of para-hydroxylation sites is 2. The molecule has 0 spiro atoms. The van der Waals surface area contributed by atoms with Crippen LogP contribution in [0.15, 0.2) is 65.6 Å². The van der Waals surface area contributed by atoms with E-state index in [0.29, 0.717) is 23.5 Å². The van der Waals surface area contributed by atoms with Crippen LogP contribution in [0, 0.1) is 5.92 Å². The van der Waals surface area contributed by atoms with Crippen LogP contribution in [-0.4, -0.2) is 21.4 Å². The van der Waals surface area contributed by atoms with Gasteiger partial charge >= 0.3 is 0 Å². The number of nitrogens with one attached hydrogen (secondary N) is 2. The molecule has 0 radical (unpaired) electrons. The second kappa shape index (κ2) is 8.26. The van der Waals surface area contributed by atoms with E-state index >= 15 is 0 Å². The maximum atomic E-state index is 12.7. The smallest absolute Gasteiger partial charge is 0.262 e. The largest absolute Gasteiger partial charge is 0.495 e. The van der Waals surface area contributed by atoms with Crippen LogP contribution in [0.1, 0.15) is 19.3 Å². The Morgan fingerprint density at radius 1 is 1.11 bits per heavy atom. The molecule has 0 aromatic heterocycles. The summed E-state index contributed by atoms with van der Waals surface area (Å²) in [5.41, 5.74) is 0.806. The van der Waals surface area contributed by atoms with Crippen LogP contribution < -0.4 is 14.8 Å². The number of allylic oxidation sites excluding steroid dienone is 2. The minimum absolute atomic E-state index is 0.0646. The average molecular weight is 386 g/mol. The number of amides is 1. The zero-order chi connectivity index (χ0) is 19.3. The molecule has 1 aliphatic rings. The maximum Gasteiger partial charge on any atom is 0.262 e. The molecule has 1 unspecified atom stereocenters. The zero-order valence-corrected chi connectivity index (χ0v) is 15.8. The van der Waals surface area contributed by atoms with Crippen LogP contribution in [0.25, 0.3) is 0 Å². The molecule has 0 aliphatic heterocycles. The summed E-state index contributed by atoms with van der Waals surface area (Å²) in [6.07, 6.45) is 6.47. The fourth-order valence-corrected chi connectivity index (χ4v) is 4.07. The van der Waals surface area contributed by atoms with Gasteiger partial charge in [0.15, 0.2) is 0 Å². The Bertz CT molecular complexity index is 954. The number of hydrogen-bond donors (Lipinski definition) is 2. The first kappa shape index (κ1) is 19.0. The SMILES string of the molecule is COc1ccccc1NS(=O)(=O)c1cccc(NC(=O)C2CC=CCC2)c1. The lowest BCUT2D eigenvalue weighted by molar-refractivity contribution is -0.120. The highest BCUT2D eigenvalue weighted by Gasteiger charge is 2.20. The molecular weight excluding hydrogens is 364 g/mol. The molecule has 0 heterocycles. The summed E-state index contributed by atoms with van der Waals surface area (Å²) in [6, 6.07) is 13.0. The van der Waals surface area contributed by atoms with Crippen LogP contribution in [0.3, 0.4) is 0 Å². The summed E-state index contributed by atoms with van der Waals surface area (Å²) in [7, 11) is -2.35. The molecule has 6 nitrogen and oxygen atoms in total. The van der Waals surface area contributed by atoms with Gasteiger partial charge in [-0.15, -0.1) is 0 Å². The molecule has 2 aromatic rings. The molecule has 2 N–H and O–H groups in total. The van der Waals surface area contributed by atoms with Gasteiger partial charge in [0.1, 0.15) is 5.75 Å². The number of benzene rings is 2. The molecule has 27 heavy (non-hydrogen) atoms. The fourth-order valence-electron chi connectivity index (χ4n) is 2.95. The van der Waals surface area contributed by atoms with Crippen molar-refractivity contribution in [3.8, 4) is 5.75 Å². The number of ether oxygens (including phenoxy) is 1. The summed E-state index contributed by atoms with van der Waals surface area (Å²) >= 11 is 0. The second-order valence-electron chi connectivity index (χ2n) is 6.30. The number of sulfonamides is 1. The molecule has 0 saturated carbocycles. The zero-order valence-electron chi connectivity index (χ0n) is 15.0. The number of carbonyl (C=O) groups excluding carboxylic acids is 1. The van der Waals surface area contributed by atoms with E-state index < -0.39 is 10.0 Å². The quantitative estimate of drug-likeness (QED) is 0.740. The summed E-state index contributed by atoms with van der Waals surface area (Å²) < 4.78 is 33.1. The van der Waals surface area contributed by atoms with Gasteiger partial charge in [0, 0.05) is 11.6 Å². The first-order valence-corrected chi connectivity index (χ1v) is 10.2. The monoisotopic (exact) mass is 386 g/mol. The lowest BCUT2D eigenvalue weighted by Crippen LogP contribution is -2.23. The van der Waals surface area contributed by atoms with Crippen LogP contribution in [0.5, 0.6) is 5.75 Å². The second-order valence-corrected chi connectivity index (χ2v) is 7.99. The number of rotatable bonds is 6. The van der Waals surface area contributed by atoms with Gasteiger partial charge in [-0.1, -0.05) is 30.4 Å². The molecule has 2 aromatic carbocycles. The van der Waals surface area contributed by atoms with E-state index in [1.807, 2.05) is 6.08 Å². The normalized spacial score (nSPS) is 16.6. The molecule has 0 bridgehead atoms. The van der Waals surface area contributed by atoms with Gasteiger partial charge in [0.25, 0.3) is 10.0 Å². The van der Waals surface area contributed by atoms with Crippen molar-refractivity contribution in [1.29, 1.82) is 0 Å². The van der Waals surface area contributed by atoms with Crippen LogP contribution in [0.4, 0.5) is 11.4 Å². The van der Waals surface area contributed by atoms with Crippen molar-refractivity contribution in [3.05, 3.63) is 60.7 Å². The Morgan fingerprint density at radius 3 is 2.67 bits per heavy atom. The van der Waals surface area contributed by atoms with Crippen molar-refractivity contribution in [3.63, 3.8) is 0 Å². The van der Waals surface area contributed by atoms with Gasteiger partial charge in [-0.3, -0.25) is 9.52 Å². The Labute approximate surface area is 159 Å². The third-order valence-corrected chi connectivity index (χ3v) is 5.77. The van der Waals surface area contributed by atoms with E-state index in [-0.39, 0.29) is 16.7 Å². The van der Waals surface area contributed by atoms with E-state index in [1.165, 1.54) is 19.2 Å². The van der Waals surface area contributed by atoms with Gasteiger partial charge < -0.3 is 10.1 Å². The molecule has 3 rings (SSSR count). The Kier molecular flexibility index (Phi) is 5.81. The molecule has 7 heteroatoms. The van der Waals surface area contributed by atoms with Gasteiger partial charge in [-0.05, 0) is 49.6 Å². The number of anilines is 2. The first-order chi connectivity index (χ1) is 13.0. The van der Waals surface area contributed by atoms with E-state index in [9.17, 15) is 13.2 Å². The van der Waals surface area contributed by atoms with Crippen LogP contribution >= 0.6 is 0 Å². The molecule has 1 atom stereocenters. The van der Waals surface area contributed by atoms with Gasteiger partial charge in [0.2, 0.25) is 5.91 Å². The third kappa shape index (κ3) is 4.68. The minimum Gasteiger partial charge on any atom is -0.495 e. The predicted molar refractivity (Wildman–Crippen MR) is 105 cm³/mol. The van der Waals surface area contributed by atoms with E-state index in [0.717, 1.165) is 12.8 Å². The topological polar surface area (TPSA) is 84.5 Å². The maximum absolute atomic E-state index is 12.7. The highest BCUT2D eigenvalue weighted by Crippen LogP contribution is 2.27. The third-order valence-electron chi connectivity index (χ3n) is 4.40. The van der Waals surface area contributed by atoms with E-state index in [1.54, 1.807) is 36.4 Å². The molecule has 1 aliphatic carbocycles. The summed E-state index contributed by atoms with van der Waals surface area (Å²) in [5, 5.41) is 2.82. The van der Waals surface area contributed by atoms with E-state index in [2.05, 4.69) is 16.1 Å². The molecule has 0 saturated heterocycles. The van der Waals surface area contributed by atoms with Crippen molar-refractivity contribution in [2.24, 2.45) is 5.92 Å². The van der Waals surface area contributed by atoms with Gasteiger partial charge in [0.05, 0.1) is 17.7 Å².